The summed E-state index contributed by atoms with van der Waals surface area (Å²) in [5, 5.41) is 3.01. The normalized spacial score (nSPS) is 11.8. The van der Waals surface area contributed by atoms with E-state index in [4.69, 9.17) is 4.74 Å². The zero-order valence-corrected chi connectivity index (χ0v) is 18.9. The Hall–Kier alpha value is -2.66. The number of carbonyl (C=O) groups excluding carboxylic acids is 2. The van der Waals surface area contributed by atoms with E-state index in [1.807, 2.05) is 55.4 Å². The van der Waals surface area contributed by atoms with Crippen LogP contribution >= 0.6 is 0 Å². The van der Waals surface area contributed by atoms with E-state index in [1.165, 1.54) is 5.56 Å². The Labute approximate surface area is 186 Å². The van der Waals surface area contributed by atoms with Crippen molar-refractivity contribution in [3.63, 3.8) is 0 Å². The third kappa shape index (κ3) is 11.3. The fourth-order valence-electron chi connectivity index (χ4n) is 3.51. The number of esters is 1. The second-order valence-corrected chi connectivity index (χ2v) is 8.28. The number of nitrogens with one attached hydrogen (secondary N) is 1. The van der Waals surface area contributed by atoms with Gasteiger partial charge in [-0.15, -0.1) is 0 Å². The maximum atomic E-state index is 12.4. The Balaban J connectivity index is 1.64. The summed E-state index contributed by atoms with van der Waals surface area (Å²) in [6.07, 6.45) is 5.92. The van der Waals surface area contributed by atoms with Crippen LogP contribution in [0.15, 0.2) is 60.7 Å². The smallest absolute Gasteiger partial charge is 0.308 e. The summed E-state index contributed by atoms with van der Waals surface area (Å²) in [5.74, 6) is -0.289. The average molecular weight is 425 g/mol. The highest BCUT2D eigenvalue weighted by atomic mass is 16.5. The summed E-state index contributed by atoms with van der Waals surface area (Å²) in [5.41, 5.74) is 2.32. The number of ether oxygens (including phenoxy) is 1. The molecule has 0 aliphatic carbocycles. The first-order chi connectivity index (χ1) is 15.0. The largest absolute Gasteiger partial charge is 0.461 e. The number of aryl methyl sites for hydroxylation is 1. The van der Waals surface area contributed by atoms with Gasteiger partial charge in [-0.2, -0.15) is 0 Å². The van der Waals surface area contributed by atoms with E-state index in [9.17, 15) is 9.59 Å². The number of hydrogen-bond donors (Lipinski definition) is 1. The molecular formula is C26H36N2O3. The fraction of sp³-hybridized carbons (Fsp3) is 0.462. The van der Waals surface area contributed by atoms with E-state index in [2.05, 4.69) is 29.6 Å². The Kier molecular flexibility index (Phi) is 11.4. The molecular weight excluding hydrogens is 388 g/mol. The molecule has 1 N–H and O–H groups in total. The first kappa shape index (κ1) is 24.6. The van der Waals surface area contributed by atoms with Crippen molar-refractivity contribution in [1.29, 1.82) is 0 Å². The van der Waals surface area contributed by atoms with Crippen molar-refractivity contribution < 1.29 is 14.3 Å². The summed E-state index contributed by atoms with van der Waals surface area (Å²) in [6, 6.07) is 19.8. The van der Waals surface area contributed by atoms with E-state index in [1.54, 1.807) is 0 Å². The molecule has 0 saturated carbocycles. The standard InChI is InChI=1S/C26H36N2O3/c1-28(2)20-24(19-26(30)31-21-23-16-10-6-11-17-23)27-25(29)18-12-4-3-7-13-22-14-8-5-9-15-22/h5-6,8-11,14-17,24H,3-4,7,12-13,18-21H2,1-2H3,(H,27,29). The number of hydrogen-bond acceptors (Lipinski definition) is 4. The molecule has 0 saturated heterocycles. The number of benzene rings is 2. The van der Waals surface area contributed by atoms with E-state index in [-0.39, 0.29) is 30.9 Å². The molecule has 0 fully saturated rings. The number of rotatable bonds is 14. The molecule has 1 unspecified atom stereocenters. The predicted octanol–water partition coefficient (Wildman–Crippen LogP) is 4.36. The van der Waals surface area contributed by atoms with Crippen molar-refractivity contribution in [2.24, 2.45) is 0 Å². The molecule has 0 bridgehead atoms. The molecule has 2 aromatic carbocycles. The SMILES string of the molecule is CN(C)CC(CC(=O)OCc1ccccc1)NC(=O)CCCCCCc1ccccc1. The molecule has 1 amide bonds. The van der Waals surface area contributed by atoms with Gasteiger partial charge in [0.25, 0.3) is 0 Å². The van der Waals surface area contributed by atoms with Crippen LogP contribution in [0.4, 0.5) is 0 Å². The summed E-state index contributed by atoms with van der Waals surface area (Å²) >= 11 is 0. The highest BCUT2D eigenvalue weighted by molar-refractivity contribution is 5.77. The molecule has 0 aliphatic heterocycles. The van der Waals surface area contributed by atoms with Gasteiger partial charge in [0.2, 0.25) is 5.91 Å². The quantitative estimate of drug-likeness (QED) is 0.362. The summed E-state index contributed by atoms with van der Waals surface area (Å²) in [7, 11) is 3.86. The molecule has 31 heavy (non-hydrogen) atoms. The highest BCUT2D eigenvalue weighted by Gasteiger charge is 2.18. The maximum Gasteiger partial charge on any atom is 0.308 e. The second-order valence-electron chi connectivity index (χ2n) is 8.28. The van der Waals surface area contributed by atoms with Gasteiger partial charge in [-0.1, -0.05) is 73.5 Å². The third-order valence-electron chi connectivity index (χ3n) is 5.07. The van der Waals surface area contributed by atoms with Gasteiger partial charge < -0.3 is 15.0 Å². The van der Waals surface area contributed by atoms with Crippen molar-refractivity contribution >= 4 is 11.9 Å². The van der Waals surface area contributed by atoms with E-state index >= 15 is 0 Å². The zero-order valence-electron chi connectivity index (χ0n) is 18.9. The maximum absolute atomic E-state index is 12.4. The molecule has 5 heteroatoms. The average Bonchev–Trinajstić information content (AvgIpc) is 2.75. The van der Waals surface area contributed by atoms with E-state index in [0.717, 1.165) is 37.7 Å². The molecule has 0 radical (unpaired) electrons. The Morgan fingerprint density at radius 2 is 1.48 bits per heavy atom. The lowest BCUT2D eigenvalue weighted by Crippen LogP contribution is -2.43. The minimum atomic E-state index is -0.295. The van der Waals surface area contributed by atoms with E-state index in [0.29, 0.717) is 13.0 Å². The van der Waals surface area contributed by atoms with Gasteiger partial charge in [-0.25, -0.2) is 0 Å². The molecule has 0 aromatic heterocycles. The van der Waals surface area contributed by atoms with Crippen molar-refractivity contribution in [3.05, 3.63) is 71.8 Å². The van der Waals surface area contributed by atoms with Crippen LogP contribution in [0.1, 0.15) is 49.7 Å². The lowest BCUT2D eigenvalue weighted by Gasteiger charge is -2.22. The Morgan fingerprint density at radius 1 is 0.871 bits per heavy atom. The number of likely N-dealkylation sites (N-methyl/N-ethyl adjacent to an activating group) is 1. The van der Waals surface area contributed by atoms with E-state index < -0.39 is 0 Å². The van der Waals surface area contributed by atoms with Crippen molar-refractivity contribution in [1.82, 2.24) is 10.2 Å². The summed E-state index contributed by atoms with van der Waals surface area (Å²) in [6.45, 7) is 0.856. The number of carbonyl (C=O) groups is 2. The molecule has 0 heterocycles. The third-order valence-corrected chi connectivity index (χ3v) is 5.07. The second kappa shape index (κ2) is 14.4. The van der Waals surface area contributed by atoms with Gasteiger partial charge in [0, 0.05) is 13.0 Å². The van der Waals surface area contributed by atoms with Gasteiger partial charge in [0.1, 0.15) is 6.61 Å². The van der Waals surface area contributed by atoms with Crippen LogP contribution in [-0.4, -0.2) is 43.5 Å². The molecule has 168 valence electrons. The van der Waals surface area contributed by atoms with Crippen molar-refractivity contribution in [2.75, 3.05) is 20.6 Å². The van der Waals surface area contributed by atoms with Crippen LogP contribution in [-0.2, 0) is 27.4 Å². The van der Waals surface area contributed by atoms with Crippen molar-refractivity contribution in [2.45, 2.75) is 57.6 Å². The van der Waals surface area contributed by atoms with Gasteiger partial charge in [-0.05, 0) is 44.5 Å². The minimum absolute atomic E-state index is 0.00534. The van der Waals surface area contributed by atoms with Crippen LogP contribution in [0.2, 0.25) is 0 Å². The number of amides is 1. The van der Waals surface area contributed by atoms with Crippen LogP contribution < -0.4 is 5.32 Å². The first-order valence-electron chi connectivity index (χ1n) is 11.2. The minimum Gasteiger partial charge on any atom is -0.461 e. The first-order valence-corrected chi connectivity index (χ1v) is 11.2. The van der Waals surface area contributed by atoms with Crippen LogP contribution in [0.5, 0.6) is 0 Å². The lowest BCUT2D eigenvalue weighted by molar-refractivity contribution is -0.145. The lowest BCUT2D eigenvalue weighted by atomic mass is 10.1. The molecule has 2 rings (SSSR count). The number of unbranched alkanes of at least 4 members (excludes halogenated alkanes) is 3. The zero-order chi connectivity index (χ0) is 22.3. The van der Waals surface area contributed by atoms with Crippen molar-refractivity contribution in [3.8, 4) is 0 Å². The molecule has 1 atom stereocenters. The molecule has 5 nitrogen and oxygen atoms in total. The highest BCUT2D eigenvalue weighted by Crippen LogP contribution is 2.09. The van der Waals surface area contributed by atoms with Gasteiger partial charge in [0.05, 0.1) is 12.5 Å². The molecule has 0 spiro atoms. The molecule has 0 aliphatic rings. The Bertz CT molecular complexity index is 763. The Morgan fingerprint density at radius 3 is 2.13 bits per heavy atom. The van der Waals surface area contributed by atoms with Gasteiger partial charge in [0.15, 0.2) is 0 Å². The van der Waals surface area contributed by atoms with Crippen LogP contribution in [0.3, 0.4) is 0 Å². The monoisotopic (exact) mass is 424 g/mol. The fourth-order valence-corrected chi connectivity index (χ4v) is 3.51. The predicted molar refractivity (Wildman–Crippen MR) is 125 cm³/mol. The van der Waals surface area contributed by atoms with Gasteiger partial charge in [-0.3, -0.25) is 9.59 Å². The molecule has 2 aromatic rings. The van der Waals surface area contributed by atoms with Gasteiger partial charge >= 0.3 is 5.97 Å². The number of nitrogens with zero attached hydrogens (tertiary/aromatic N) is 1. The topological polar surface area (TPSA) is 58.6 Å². The van der Waals surface area contributed by atoms with Crippen LogP contribution in [0.25, 0.3) is 0 Å². The summed E-state index contributed by atoms with van der Waals surface area (Å²) < 4.78 is 5.37. The van der Waals surface area contributed by atoms with Crippen LogP contribution in [0, 0.1) is 0 Å². The summed E-state index contributed by atoms with van der Waals surface area (Å²) in [4.78, 5) is 26.6.